The molecule has 4 heteroatoms. The molecule has 0 amide bonds. The number of benzene rings is 1. The van der Waals surface area contributed by atoms with Crippen LogP contribution in [0.3, 0.4) is 0 Å². The molecule has 1 aliphatic rings. The quantitative estimate of drug-likeness (QED) is 0.859. The summed E-state index contributed by atoms with van der Waals surface area (Å²) in [4.78, 5) is 7.23. The lowest BCUT2D eigenvalue weighted by Gasteiger charge is -2.18. The average molecular weight is 301 g/mol. The van der Waals surface area contributed by atoms with Gasteiger partial charge in [0.05, 0.1) is 5.69 Å². The van der Waals surface area contributed by atoms with Crippen molar-refractivity contribution in [2.24, 2.45) is 0 Å². The molecule has 0 unspecified atom stereocenters. The molecule has 0 spiro atoms. The SMILES string of the molecule is CCCNCc1csc(N2CCc3ccccc3CC2)n1. The van der Waals surface area contributed by atoms with Crippen LogP contribution in [0.4, 0.5) is 5.13 Å². The molecule has 0 aliphatic carbocycles. The van der Waals surface area contributed by atoms with Gasteiger partial charge in [-0.1, -0.05) is 31.2 Å². The van der Waals surface area contributed by atoms with Crippen molar-refractivity contribution in [3.8, 4) is 0 Å². The lowest BCUT2D eigenvalue weighted by atomic mass is 10.0. The summed E-state index contributed by atoms with van der Waals surface area (Å²) in [6.45, 7) is 6.29. The molecule has 3 nitrogen and oxygen atoms in total. The molecule has 1 N–H and O–H groups in total. The molecule has 0 saturated heterocycles. The molecular weight excluding hydrogens is 278 g/mol. The van der Waals surface area contributed by atoms with E-state index < -0.39 is 0 Å². The van der Waals surface area contributed by atoms with Crippen LogP contribution in [0.15, 0.2) is 29.6 Å². The van der Waals surface area contributed by atoms with Crippen molar-refractivity contribution in [1.29, 1.82) is 0 Å². The van der Waals surface area contributed by atoms with Crippen LogP contribution in [0, 0.1) is 0 Å². The first-order valence-electron chi connectivity index (χ1n) is 7.83. The van der Waals surface area contributed by atoms with Gasteiger partial charge < -0.3 is 10.2 Å². The van der Waals surface area contributed by atoms with Crippen LogP contribution in [0.5, 0.6) is 0 Å². The fourth-order valence-electron chi connectivity index (χ4n) is 2.78. The Bertz CT molecular complexity index is 552. The van der Waals surface area contributed by atoms with Crippen LogP contribution in [0.1, 0.15) is 30.2 Å². The van der Waals surface area contributed by atoms with Gasteiger partial charge in [-0.15, -0.1) is 11.3 Å². The third-order valence-corrected chi connectivity index (χ3v) is 4.91. The molecule has 112 valence electrons. The van der Waals surface area contributed by atoms with Gasteiger partial charge in [0.25, 0.3) is 0 Å². The van der Waals surface area contributed by atoms with Gasteiger partial charge in [0.2, 0.25) is 0 Å². The summed E-state index contributed by atoms with van der Waals surface area (Å²) < 4.78 is 0. The highest BCUT2D eigenvalue weighted by Gasteiger charge is 2.16. The second-order valence-corrected chi connectivity index (χ2v) is 6.39. The van der Waals surface area contributed by atoms with E-state index in [1.54, 1.807) is 11.3 Å². The highest BCUT2D eigenvalue weighted by Crippen LogP contribution is 2.24. The second-order valence-electron chi connectivity index (χ2n) is 5.55. The highest BCUT2D eigenvalue weighted by molar-refractivity contribution is 7.13. The van der Waals surface area contributed by atoms with Crippen molar-refractivity contribution in [1.82, 2.24) is 10.3 Å². The van der Waals surface area contributed by atoms with Crippen LogP contribution in [-0.2, 0) is 19.4 Å². The number of anilines is 1. The standard InChI is InChI=1S/C17H23N3S/c1-2-9-18-12-16-13-21-17(19-16)20-10-7-14-5-3-4-6-15(14)8-11-20/h3-6,13,18H,2,7-12H2,1H3. The Balaban J connectivity index is 1.63. The normalized spacial score (nSPS) is 14.8. The van der Waals surface area contributed by atoms with E-state index in [9.17, 15) is 0 Å². The zero-order valence-corrected chi connectivity index (χ0v) is 13.5. The number of nitrogens with zero attached hydrogens (tertiary/aromatic N) is 2. The maximum Gasteiger partial charge on any atom is 0.185 e. The maximum absolute atomic E-state index is 4.79. The molecule has 0 bridgehead atoms. The Kier molecular flexibility index (Phi) is 4.88. The first-order valence-corrected chi connectivity index (χ1v) is 8.71. The Hall–Kier alpha value is -1.39. The van der Waals surface area contributed by atoms with Gasteiger partial charge in [0, 0.05) is 25.0 Å². The largest absolute Gasteiger partial charge is 0.347 e. The van der Waals surface area contributed by atoms with Gasteiger partial charge in [-0.3, -0.25) is 0 Å². The molecule has 0 saturated carbocycles. The Morgan fingerprint density at radius 3 is 2.57 bits per heavy atom. The number of fused-ring (bicyclic) bond motifs is 1. The number of thiazole rings is 1. The molecule has 2 heterocycles. The number of aromatic nitrogens is 1. The monoisotopic (exact) mass is 301 g/mol. The Morgan fingerprint density at radius 1 is 1.19 bits per heavy atom. The minimum absolute atomic E-state index is 0.887. The van der Waals surface area contributed by atoms with Gasteiger partial charge in [-0.25, -0.2) is 4.98 Å². The lowest BCUT2D eigenvalue weighted by Crippen LogP contribution is -2.26. The molecule has 0 radical (unpaired) electrons. The van der Waals surface area contributed by atoms with E-state index >= 15 is 0 Å². The predicted octanol–water partition coefficient (Wildman–Crippen LogP) is 3.25. The molecule has 1 aromatic heterocycles. The number of hydrogen-bond donors (Lipinski definition) is 1. The lowest BCUT2D eigenvalue weighted by molar-refractivity contribution is 0.665. The van der Waals surface area contributed by atoms with E-state index in [0.29, 0.717) is 0 Å². The summed E-state index contributed by atoms with van der Waals surface area (Å²) in [6, 6.07) is 8.83. The van der Waals surface area contributed by atoms with E-state index in [2.05, 4.69) is 46.8 Å². The van der Waals surface area contributed by atoms with Crippen molar-refractivity contribution in [2.75, 3.05) is 24.5 Å². The fraction of sp³-hybridized carbons (Fsp3) is 0.471. The van der Waals surface area contributed by atoms with E-state index in [1.807, 2.05) is 0 Å². The van der Waals surface area contributed by atoms with Crippen molar-refractivity contribution in [2.45, 2.75) is 32.7 Å². The Labute approximate surface area is 131 Å². The van der Waals surface area contributed by atoms with Crippen molar-refractivity contribution in [3.63, 3.8) is 0 Å². The molecule has 1 aliphatic heterocycles. The van der Waals surface area contributed by atoms with Crippen molar-refractivity contribution >= 4 is 16.5 Å². The van der Waals surface area contributed by atoms with Gasteiger partial charge in [-0.2, -0.15) is 0 Å². The molecular formula is C17H23N3S. The Morgan fingerprint density at radius 2 is 1.90 bits per heavy atom. The van der Waals surface area contributed by atoms with Crippen LogP contribution >= 0.6 is 11.3 Å². The van der Waals surface area contributed by atoms with Gasteiger partial charge in [0.15, 0.2) is 5.13 Å². The van der Waals surface area contributed by atoms with Crippen molar-refractivity contribution in [3.05, 3.63) is 46.5 Å². The fourth-order valence-corrected chi connectivity index (χ4v) is 3.65. The van der Waals surface area contributed by atoms with Crippen LogP contribution in [0.25, 0.3) is 0 Å². The molecule has 2 aromatic rings. The molecule has 3 rings (SSSR count). The van der Waals surface area contributed by atoms with Crippen LogP contribution in [-0.4, -0.2) is 24.6 Å². The first-order chi connectivity index (χ1) is 10.4. The van der Waals surface area contributed by atoms with Gasteiger partial charge in [0.1, 0.15) is 0 Å². The second kappa shape index (κ2) is 7.05. The summed E-state index contributed by atoms with van der Waals surface area (Å²) in [5.41, 5.74) is 4.17. The predicted molar refractivity (Wildman–Crippen MR) is 90.2 cm³/mol. The summed E-state index contributed by atoms with van der Waals surface area (Å²) in [7, 11) is 0. The van der Waals surface area contributed by atoms with E-state index in [0.717, 1.165) is 39.0 Å². The average Bonchev–Trinajstić information content (AvgIpc) is 2.87. The van der Waals surface area contributed by atoms with E-state index in [1.165, 1.54) is 28.4 Å². The summed E-state index contributed by atoms with van der Waals surface area (Å²) in [5, 5.41) is 6.79. The molecule has 21 heavy (non-hydrogen) atoms. The summed E-state index contributed by atoms with van der Waals surface area (Å²) in [5.74, 6) is 0. The first kappa shape index (κ1) is 14.5. The maximum atomic E-state index is 4.79. The number of hydrogen-bond acceptors (Lipinski definition) is 4. The van der Waals surface area contributed by atoms with Gasteiger partial charge >= 0.3 is 0 Å². The molecule has 1 aromatic carbocycles. The van der Waals surface area contributed by atoms with Gasteiger partial charge in [-0.05, 0) is 36.9 Å². The highest BCUT2D eigenvalue weighted by atomic mass is 32.1. The number of rotatable bonds is 5. The van der Waals surface area contributed by atoms with Crippen LogP contribution < -0.4 is 10.2 Å². The molecule has 0 atom stereocenters. The zero-order chi connectivity index (χ0) is 14.5. The molecule has 0 fully saturated rings. The third-order valence-electron chi connectivity index (χ3n) is 3.96. The summed E-state index contributed by atoms with van der Waals surface area (Å²) in [6.07, 6.45) is 3.42. The minimum Gasteiger partial charge on any atom is -0.347 e. The van der Waals surface area contributed by atoms with E-state index in [-0.39, 0.29) is 0 Å². The van der Waals surface area contributed by atoms with E-state index in [4.69, 9.17) is 4.98 Å². The minimum atomic E-state index is 0.887. The zero-order valence-electron chi connectivity index (χ0n) is 12.6. The number of nitrogens with one attached hydrogen (secondary N) is 1. The summed E-state index contributed by atoms with van der Waals surface area (Å²) >= 11 is 1.78. The third kappa shape index (κ3) is 3.63. The topological polar surface area (TPSA) is 28.2 Å². The van der Waals surface area contributed by atoms with Crippen LogP contribution in [0.2, 0.25) is 0 Å². The van der Waals surface area contributed by atoms with Crippen molar-refractivity contribution < 1.29 is 0 Å². The smallest absolute Gasteiger partial charge is 0.185 e.